The fourth-order valence-electron chi connectivity index (χ4n) is 2.36. The smallest absolute Gasteiger partial charge is 0.100 e. The minimum Gasteiger partial charge on any atom is -0.384 e. The van der Waals surface area contributed by atoms with Crippen LogP contribution in [0.2, 0.25) is 5.02 Å². The van der Waals surface area contributed by atoms with Gasteiger partial charge < -0.3 is 5.11 Å². The summed E-state index contributed by atoms with van der Waals surface area (Å²) in [6, 6.07) is 5.67. The Labute approximate surface area is 122 Å². The van der Waals surface area contributed by atoms with Crippen LogP contribution in [0, 0.1) is 0 Å². The van der Waals surface area contributed by atoms with E-state index >= 15 is 0 Å². The molecule has 1 unspecified atom stereocenters. The molecule has 1 aliphatic rings. The first-order valence-corrected chi connectivity index (χ1v) is 7.67. The predicted molar refractivity (Wildman–Crippen MR) is 79.9 cm³/mol. The minimum atomic E-state index is -0.506. The molecule has 1 aromatic rings. The molecule has 0 amide bonds. The second-order valence-electron chi connectivity index (χ2n) is 4.81. The summed E-state index contributed by atoms with van der Waals surface area (Å²) in [5, 5.41) is 11.1. The van der Waals surface area contributed by atoms with E-state index < -0.39 is 6.10 Å². The van der Waals surface area contributed by atoms with Crippen molar-refractivity contribution in [1.82, 2.24) is 0 Å². The predicted octanol–water partition coefficient (Wildman–Crippen LogP) is 5.42. The van der Waals surface area contributed by atoms with Gasteiger partial charge in [0.1, 0.15) is 6.10 Å². The fraction of sp³-hybridized carbons (Fsp3) is 0.467. The molecule has 1 nitrogen and oxygen atoms in total. The Morgan fingerprint density at radius 2 is 1.94 bits per heavy atom. The van der Waals surface area contributed by atoms with Crippen LogP contribution in [0.3, 0.4) is 0 Å². The van der Waals surface area contributed by atoms with Crippen LogP contribution in [0.25, 0.3) is 0 Å². The highest BCUT2D eigenvalue weighted by Crippen LogP contribution is 2.32. The van der Waals surface area contributed by atoms with Gasteiger partial charge >= 0.3 is 0 Å². The minimum absolute atomic E-state index is 0.506. The van der Waals surface area contributed by atoms with Crippen molar-refractivity contribution in [3.63, 3.8) is 0 Å². The maximum absolute atomic E-state index is 10.4. The van der Waals surface area contributed by atoms with Gasteiger partial charge in [0.25, 0.3) is 0 Å². The molecule has 3 heteroatoms. The molecule has 1 aromatic carbocycles. The normalized spacial score (nSPS) is 21.6. The molecule has 0 aliphatic heterocycles. The molecule has 0 fully saturated rings. The molecule has 2 rings (SSSR count). The summed E-state index contributed by atoms with van der Waals surface area (Å²) in [6.45, 7) is 0. The van der Waals surface area contributed by atoms with Crippen molar-refractivity contribution >= 4 is 27.5 Å². The van der Waals surface area contributed by atoms with Gasteiger partial charge in [0.2, 0.25) is 0 Å². The van der Waals surface area contributed by atoms with Gasteiger partial charge in [-0.15, -0.1) is 0 Å². The van der Waals surface area contributed by atoms with Gasteiger partial charge in [-0.3, -0.25) is 0 Å². The van der Waals surface area contributed by atoms with Gasteiger partial charge in [-0.05, 0) is 64.9 Å². The van der Waals surface area contributed by atoms with E-state index in [1.807, 2.05) is 18.2 Å². The van der Waals surface area contributed by atoms with Gasteiger partial charge in [-0.25, -0.2) is 0 Å². The molecular weight excluding hydrogens is 312 g/mol. The van der Waals surface area contributed by atoms with Crippen LogP contribution in [-0.4, -0.2) is 5.11 Å². The Kier molecular flexibility index (Phi) is 5.28. The van der Waals surface area contributed by atoms with E-state index in [9.17, 15) is 5.11 Å². The van der Waals surface area contributed by atoms with Gasteiger partial charge in [0, 0.05) is 4.47 Å². The molecule has 0 saturated heterocycles. The highest BCUT2D eigenvalue weighted by Gasteiger charge is 2.15. The van der Waals surface area contributed by atoms with Gasteiger partial charge in [-0.1, -0.05) is 36.6 Å². The van der Waals surface area contributed by atoms with Gasteiger partial charge in [0.15, 0.2) is 0 Å². The Bertz CT molecular complexity index is 442. The fourth-order valence-corrected chi connectivity index (χ4v) is 2.80. The van der Waals surface area contributed by atoms with Gasteiger partial charge in [-0.2, -0.15) is 0 Å². The molecule has 0 bridgehead atoms. The average Bonchev–Trinajstić information content (AvgIpc) is 2.31. The quantitative estimate of drug-likeness (QED) is 0.719. The second kappa shape index (κ2) is 6.74. The summed E-state index contributed by atoms with van der Waals surface area (Å²) < 4.78 is 0.867. The topological polar surface area (TPSA) is 20.2 Å². The second-order valence-corrected chi connectivity index (χ2v) is 6.07. The lowest BCUT2D eigenvalue weighted by Crippen LogP contribution is -2.03. The summed E-state index contributed by atoms with van der Waals surface area (Å²) >= 11 is 9.45. The van der Waals surface area contributed by atoms with Gasteiger partial charge in [0.05, 0.1) is 5.02 Å². The van der Waals surface area contributed by atoms with Crippen molar-refractivity contribution in [2.45, 2.75) is 44.6 Å². The molecule has 0 radical (unpaired) electrons. The number of benzene rings is 1. The van der Waals surface area contributed by atoms with Crippen LogP contribution in [0.15, 0.2) is 34.3 Å². The van der Waals surface area contributed by atoms with Crippen molar-refractivity contribution in [1.29, 1.82) is 0 Å². The molecule has 0 heterocycles. The lowest BCUT2D eigenvalue weighted by atomic mass is 9.93. The molecule has 98 valence electrons. The number of allylic oxidation sites excluding steroid dienone is 1. The van der Waals surface area contributed by atoms with E-state index in [-0.39, 0.29) is 0 Å². The van der Waals surface area contributed by atoms with Crippen LogP contribution in [0.4, 0.5) is 0 Å². The molecule has 18 heavy (non-hydrogen) atoms. The number of aliphatic hydroxyl groups excluding tert-OH is 1. The number of hydrogen-bond acceptors (Lipinski definition) is 1. The molecule has 1 N–H and O–H groups in total. The monoisotopic (exact) mass is 328 g/mol. The summed E-state index contributed by atoms with van der Waals surface area (Å²) in [7, 11) is 0. The lowest BCUT2D eigenvalue weighted by molar-refractivity contribution is 0.209. The zero-order valence-corrected chi connectivity index (χ0v) is 12.7. The van der Waals surface area contributed by atoms with E-state index in [1.54, 1.807) is 0 Å². The third kappa shape index (κ3) is 3.59. The van der Waals surface area contributed by atoms with Crippen molar-refractivity contribution < 1.29 is 5.11 Å². The SMILES string of the molecule is OC(/C1=C/CCCCCC1)c1ccc(Br)c(Cl)c1. The summed E-state index contributed by atoms with van der Waals surface area (Å²) in [5.41, 5.74) is 2.03. The van der Waals surface area contributed by atoms with Crippen LogP contribution < -0.4 is 0 Å². The average molecular weight is 330 g/mol. The molecule has 1 aliphatic carbocycles. The van der Waals surface area contributed by atoms with Crippen molar-refractivity contribution in [3.8, 4) is 0 Å². The van der Waals surface area contributed by atoms with E-state index in [4.69, 9.17) is 11.6 Å². The lowest BCUT2D eigenvalue weighted by Gasteiger charge is -2.18. The van der Waals surface area contributed by atoms with Crippen LogP contribution in [0.1, 0.15) is 50.2 Å². The molecule has 0 saturated carbocycles. The summed E-state index contributed by atoms with van der Waals surface area (Å²) in [6.07, 6.45) is 8.76. The Morgan fingerprint density at radius 3 is 2.72 bits per heavy atom. The van der Waals surface area contributed by atoms with Crippen LogP contribution in [-0.2, 0) is 0 Å². The standard InChI is InChI=1S/C15H18BrClO/c16-13-9-8-12(10-14(13)17)15(18)11-6-4-2-1-3-5-7-11/h6,8-10,15,18H,1-5,7H2/b11-6+. The highest BCUT2D eigenvalue weighted by atomic mass is 79.9. The number of halogens is 2. The largest absolute Gasteiger partial charge is 0.384 e. The first-order chi connectivity index (χ1) is 8.68. The third-order valence-corrected chi connectivity index (χ3v) is 4.67. The van der Waals surface area contributed by atoms with E-state index in [0.29, 0.717) is 5.02 Å². The Morgan fingerprint density at radius 1 is 1.17 bits per heavy atom. The molecule has 0 aromatic heterocycles. The molecule has 1 atom stereocenters. The zero-order chi connectivity index (χ0) is 13.0. The number of aliphatic hydroxyl groups is 1. The maximum Gasteiger partial charge on any atom is 0.100 e. The van der Waals surface area contributed by atoms with E-state index in [0.717, 1.165) is 28.5 Å². The van der Waals surface area contributed by atoms with Crippen molar-refractivity contribution in [3.05, 3.63) is 44.9 Å². The first kappa shape index (κ1) is 14.1. The number of hydrogen-bond donors (Lipinski definition) is 1. The Balaban J connectivity index is 2.18. The highest BCUT2D eigenvalue weighted by molar-refractivity contribution is 9.10. The first-order valence-electron chi connectivity index (χ1n) is 6.50. The van der Waals surface area contributed by atoms with Crippen molar-refractivity contribution in [2.24, 2.45) is 0 Å². The van der Waals surface area contributed by atoms with E-state index in [1.165, 1.54) is 25.7 Å². The van der Waals surface area contributed by atoms with Crippen LogP contribution >= 0.6 is 27.5 Å². The third-order valence-electron chi connectivity index (χ3n) is 3.44. The zero-order valence-electron chi connectivity index (χ0n) is 10.3. The van der Waals surface area contributed by atoms with Crippen molar-refractivity contribution in [2.75, 3.05) is 0 Å². The van der Waals surface area contributed by atoms with E-state index in [2.05, 4.69) is 22.0 Å². The number of rotatable bonds is 2. The summed E-state index contributed by atoms with van der Waals surface area (Å²) in [5.74, 6) is 0. The Hall–Kier alpha value is -0.310. The molecule has 0 spiro atoms. The maximum atomic E-state index is 10.4. The van der Waals surface area contributed by atoms with Crippen LogP contribution in [0.5, 0.6) is 0 Å². The molecular formula is C15H18BrClO. The summed E-state index contributed by atoms with van der Waals surface area (Å²) in [4.78, 5) is 0.